The van der Waals surface area contributed by atoms with Crippen molar-refractivity contribution in [2.75, 3.05) is 13.1 Å². The van der Waals surface area contributed by atoms with E-state index in [1.807, 2.05) is 5.48 Å². The Morgan fingerprint density at radius 1 is 1.43 bits per heavy atom. The van der Waals surface area contributed by atoms with Gasteiger partial charge in [0.1, 0.15) is 0 Å². The van der Waals surface area contributed by atoms with Crippen molar-refractivity contribution in [1.82, 2.24) is 5.48 Å². The second-order valence-corrected chi connectivity index (χ2v) is 0.697. The molecule has 0 aliphatic rings. The summed E-state index contributed by atoms with van der Waals surface area (Å²) in [5.74, 6) is 0. The van der Waals surface area contributed by atoms with Gasteiger partial charge in [0.25, 0.3) is 0 Å². The van der Waals surface area contributed by atoms with Gasteiger partial charge in [-0.3, -0.25) is 0 Å². The van der Waals surface area contributed by atoms with Gasteiger partial charge in [0.15, 0.2) is 0 Å². The van der Waals surface area contributed by atoms with E-state index >= 15 is 0 Å². The molecule has 0 aromatic carbocycles. The van der Waals surface area contributed by atoms with Gasteiger partial charge in [0, 0.05) is 13.1 Å². The maximum Gasteiger partial charge on any atom is 0.0330 e. The highest BCUT2D eigenvalue weighted by Gasteiger charge is 1.65. The van der Waals surface area contributed by atoms with Crippen LogP contribution in [0.25, 0.3) is 0 Å². The molecule has 4 N–H and O–H groups in total. The van der Waals surface area contributed by atoms with Gasteiger partial charge < -0.3 is 10.9 Å². The first kappa shape index (κ1) is 15.7. The van der Waals surface area contributed by atoms with Crippen LogP contribution in [-0.2, 0) is 0 Å². The zero-order valence-corrected chi connectivity index (χ0v) is 5.39. The highest BCUT2D eigenvalue weighted by molar-refractivity contribution is 5.85. The summed E-state index contributed by atoms with van der Waals surface area (Å²) in [6.07, 6.45) is 0. The molecule has 0 saturated carbocycles. The van der Waals surface area contributed by atoms with Crippen molar-refractivity contribution in [3.05, 3.63) is 0 Å². The van der Waals surface area contributed by atoms with E-state index in [1.54, 1.807) is 0 Å². The summed E-state index contributed by atoms with van der Waals surface area (Å²) < 4.78 is 0. The van der Waals surface area contributed by atoms with Crippen LogP contribution in [0.5, 0.6) is 0 Å². The zero-order valence-electron chi connectivity index (χ0n) is 3.76. The highest BCUT2D eigenvalue weighted by Crippen LogP contribution is 1.36. The molecule has 0 unspecified atom stereocenters. The van der Waals surface area contributed by atoms with E-state index in [2.05, 4.69) is 0 Å². The van der Waals surface area contributed by atoms with Gasteiger partial charge in [0.2, 0.25) is 0 Å². The summed E-state index contributed by atoms with van der Waals surface area (Å²) in [4.78, 5) is 0. The zero-order chi connectivity index (χ0) is 4.12. The van der Waals surface area contributed by atoms with Crippen molar-refractivity contribution in [3.8, 4) is 0 Å². The fourth-order valence-corrected chi connectivity index (χ4v) is 0.0645. The van der Waals surface area contributed by atoms with Crippen LogP contribution in [0.3, 0.4) is 0 Å². The lowest BCUT2D eigenvalue weighted by atomic mass is 10.7. The Balaban J connectivity index is -0.0000000800. The molecule has 0 radical (unpaired) electrons. The monoisotopic (exact) mass is 148 g/mol. The van der Waals surface area contributed by atoms with E-state index in [4.69, 9.17) is 10.9 Å². The molecule has 0 fully saturated rings. The minimum absolute atomic E-state index is 0. The summed E-state index contributed by atoms with van der Waals surface area (Å²) in [5, 5.41) is 7.74. The molecule has 48 valence electrons. The number of hydrogen-bond donors (Lipinski definition) is 3. The number of rotatable bonds is 2. The first-order valence-corrected chi connectivity index (χ1v) is 1.49. The number of hydroxylamine groups is 1. The van der Waals surface area contributed by atoms with Gasteiger partial charge in [-0.1, -0.05) is 0 Å². The van der Waals surface area contributed by atoms with Crippen molar-refractivity contribution >= 4 is 24.8 Å². The summed E-state index contributed by atoms with van der Waals surface area (Å²) >= 11 is 0. The third kappa shape index (κ3) is 21.2. The second-order valence-electron chi connectivity index (χ2n) is 0.697. The van der Waals surface area contributed by atoms with Crippen molar-refractivity contribution in [2.24, 2.45) is 5.73 Å². The van der Waals surface area contributed by atoms with Crippen LogP contribution < -0.4 is 11.2 Å². The molecule has 0 aliphatic carbocycles. The minimum atomic E-state index is 0. The highest BCUT2D eigenvalue weighted by atomic mass is 35.5. The summed E-state index contributed by atoms with van der Waals surface area (Å²) in [7, 11) is 0. The van der Waals surface area contributed by atoms with Gasteiger partial charge in [-0.25, -0.2) is 5.48 Å². The Morgan fingerprint density at radius 3 is 1.86 bits per heavy atom. The van der Waals surface area contributed by atoms with E-state index in [9.17, 15) is 0 Å². The van der Waals surface area contributed by atoms with Crippen molar-refractivity contribution in [2.45, 2.75) is 0 Å². The van der Waals surface area contributed by atoms with Crippen LogP contribution >= 0.6 is 24.8 Å². The average Bonchev–Trinajstić information content (AvgIpc) is 1.41. The van der Waals surface area contributed by atoms with Crippen LogP contribution in [0.15, 0.2) is 0 Å². The quantitative estimate of drug-likeness (QED) is 0.475. The van der Waals surface area contributed by atoms with Gasteiger partial charge in [-0.15, -0.1) is 24.8 Å². The maximum absolute atomic E-state index is 7.74. The molecule has 0 aromatic rings. The number of nitrogens with two attached hydrogens (primary N) is 1. The van der Waals surface area contributed by atoms with E-state index in [1.165, 1.54) is 0 Å². The first-order chi connectivity index (χ1) is 2.41. The van der Waals surface area contributed by atoms with Crippen LogP contribution in [0.2, 0.25) is 0 Å². The Labute approximate surface area is 55.0 Å². The molecule has 0 rings (SSSR count). The predicted molar refractivity (Wildman–Crippen MR) is 33.3 cm³/mol. The molecule has 0 aromatic heterocycles. The maximum atomic E-state index is 7.74. The van der Waals surface area contributed by atoms with Crippen LogP contribution in [-0.4, -0.2) is 18.3 Å². The molecule has 0 atom stereocenters. The van der Waals surface area contributed by atoms with Crippen molar-refractivity contribution in [3.63, 3.8) is 0 Å². The lowest BCUT2D eigenvalue weighted by molar-refractivity contribution is 0.170. The number of nitrogens with one attached hydrogen (secondary N) is 1. The molecule has 0 saturated heterocycles. The molecule has 0 heterocycles. The Hall–Kier alpha value is 0.460. The molecular weight excluding hydrogens is 139 g/mol. The van der Waals surface area contributed by atoms with E-state index in [0.29, 0.717) is 13.1 Å². The molecule has 0 bridgehead atoms. The molecule has 0 amide bonds. The number of hydrogen-bond acceptors (Lipinski definition) is 3. The van der Waals surface area contributed by atoms with Gasteiger partial charge in [0.05, 0.1) is 0 Å². The SMILES string of the molecule is Cl.Cl.NCCNO. The van der Waals surface area contributed by atoms with Gasteiger partial charge >= 0.3 is 0 Å². The Morgan fingerprint density at radius 2 is 1.86 bits per heavy atom. The van der Waals surface area contributed by atoms with Crippen molar-refractivity contribution < 1.29 is 5.21 Å². The second kappa shape index (κ2) is 16.1. The van der Waals surface area contributed by atoms with Crippen LogP contribution in [0, 0.1) is 0 Å². The van der Waals surface area contributed by atoms with E-state index in [0.717, 1.165) is 0 Å². The number of halogens is 2. The normalized spacial score (nSPS) is 6.00. The molecule has 0 spiro atoms. The fourth-order valence-electron chi connectivity index (χ4n) is 0.0645. The molecular formula is C2H10Cl2N2O. The third-order valence-corrected chi connectivity index (χ3v) is 0.256. The fraction of sp³-hybridized carbons (Fsp3) is 1.00. The van der Waals surface area contributed by atoms with Gasteiger partial charge in [-0.2, -0.15) is 0 Å². The lowest BCUT2D eigenvalue weighted by Crippen LogP contribution is -2.17. The predicted octanol–water partition coefficient (Wildman–Crippen LogP) is -0.233. The summed E-state index contributed by atoms with van der Waals surface area (Å²) in [6.45, 7) is 0.955. The van der Waals surface area contributed by atoms with Crippen LogP contribution in [0.1, 0.15) is 0 Å². The Bertz CT molecular complexity index is 21.2. The first-order valence-electron chi connectivity index (χ1n) is 1.49. The summed E-state index contributed by atoms with van der Waals surface area (Å²) in [5.41, 5.74) is 6.81. The summed E-state index contributed by atoms with van der Waals surface area (Å²) in [6, 6.07) is 0. The third-order valence-electron chi connectivity index (χ3n) is 0.256. The standard InChI is InChI=1S/C2H8N2O.2ClH/c3-1-2-4-5;;/h4-5H,1-3H2;2*1H. The Kier molecular flexibility index (Phi) is 36.0. The van der Waals surface area contributed by atoms with E-state index in [-0.39, 0.29) is 24.8 Å². The van der Waals surface area contributed by atoms with Crippen molar-refractivity contribution in [1.29, 1.82) is 0 Å². The lowest BCUT2D eigenvalue weighted by Gasteiger charge is -1.84. The molecule has 3 nitrogen and oxygen atoms in total. The van der Waals surface area contributed by atoms with E-state index < -0.39 is 0 Å². The smallest absolute Gasteiger partial charge is 0.0330 e. The average molecular weight is 149 g/mol. The molecule has 0 aliphatic heterocycles. The molecule has 5 heteroatoms. The van der Waals surface area contributed by atoms with Gasteiger partial charge in [-0.05, 0) is 0 Å². The van der Waals surface area contributed by atoms with Crippen LogP contribution in [0.4, 0.5) is 0 Å². The topological polar surface area (TPSA) is 58.3 Å². The largest absolute Gasteiger partial charge is 0.329 e. The minimum Gasteiger partial charge on any atom is -0.329 e. The molecule has 7 heavy (non-hydrogen) atoms.